The number of ether oxygens (including phenoxy) is 1. The number of hydrogen-bond acceptors (Lipinski definition) is 5. The molecular weight excluding hydrogens is 731 g/mol. The maximum absolute atomic E-state index is 12.4. The zero-order valence-corrected chi connectivity index (χ0v) is 39.7. The average Bonchev–Trinajstić information content (AvgIpc) is 3.24. The number of hydrogen-bond donors (Lipinski definition) is 3. The van der Waals surface area contributed by atoms with E-state index in [1.165, 1.54) is 205 Å². The van der Waals surface area contributed by atoms with Crippen molar-refractivity contribution in [3.05, 3.63) is 12.2 Å². The van der Waals surface area contributed by atoms with E-state index < -0.39 is 12.1 Å². The number of aliphatic hydroxyl groups is 2. The lowest BCUT2D eigenvalue weighted by atomic mass is 10.0. The van der Waals surface area contributed by atoms with Crippen molar-refractivity contribution in [3.8, 4) is 0 Å². The minimum absolute atomic E-state index is 0.00251. The molecule has 0 radical (unpaired) electrons. The van der Waals surface area contributed by atoms with Crippen LogP contribution in [0, 0.1) is 0 Å². The van der Waals surface area contributed by atoms with Crippen LogP contribution in [-0.2, 0) is 14.3 Å². The molecule has 0 aliphatic heterocycles. The molecule has 0 aromatic carbocycles. The fourth-order valence-electron chi connectivity index (χ4n) is 8.22. The first kappa shape index (κ1) is 57.6. The SMILES string of the molecule is CCCCCCCCCCCCCCCC/C=C/C(O)C(CO)NC(=O)CCCCCCCCCCCCCCCCOC(=O)CCCCCCCCCCCCCC. The van der Waals surface area contributed by atoms with Gasteiger partial charge < -0.3 is 20.3 Å². The van der Waals surface area contributed by atoms with Crippen LogP contribution >= 0.6 is 0 Å². The van der Waals surface area contributed by atoms with Crippen LogP contribution in [0.5, 0.6) is 0 Å². The summed E-state index contributed by atoms with van der Waals surface area (Å²) >= 11 is 0. The number of nitrogens with one attached hydrogen (secondary N) is 1. The van der Waals surface area contributed by atoms with Crippen molar-refractivity contribution in [2.45, 2.75) is 302 Å². The summed E-state index contributed by atoms with van der Waals surface area (Å²) in [6.45, 7) is 4.89. The number of esters is 1. The van der Waals surface area contributed by atoms with Crippen molar-refractivity contribution in [1.29, 1.82) is 0 Å². The van der Waals surface area contributed by atoms with Gasteiger partial charge in [-0.3, -0.25) is 9.59 Å². The third-order valence-corrected chi connectivity index (χ3v) is 12.3. The first-order valence-corrected chi connectivity index (χ1v) is 26.5. The molecule has 3 N–H and O–H groups in total. The Kier molecular flexibility index (Phi) is 48.1. The summed E-state index contributed by atoms with van der Waals surface area (Å²) in [5, 5.41) is 23.1. The highest BCUT2D eigenvalue weighted by atomic mass is 16.5. The summed E-state index contributed by atoms with van der Waals surface area (Å²) in [7, 11) is 0. The Hall–Kier alpha value is -1.40. The van der Waals surface area contributed by atoms with Crippen LogP contribution in [0.25, 0.3) is 0 Å². The summed E-state index contributed by atoms with van der Waals surface area (Å²) in [6, 6.07) is -0.634. The highest BCUT2D eigenvalue weighted by Crippen LogP contribution is 2.16. The van der Waals surface area contributed by atoms with Gasteiger partial charge in [-0.2, -0.15) is 0 Å². The molecule has 2 atom stereocenters. The van der Waals surface area contributed by atoms with Crippen molar-refractivity contribution in [3.63, 3.8) is 0 Å². The smallest absolute Gasteiger partial charge is 0.305 e. The van der Waals surface area contributed by atoms with Crippen molar-refractivity contribution >= 4 is 11.9 Å². The second kappa shape index (κ2) is 49.3. The summed E-state index contributed by atoms with van der Waals surface area (Å²) in [6.07, 6.45) is 56.4. The van der Waals surface area contributed by atoms with E-state index in [1.54, 1.807) is 6.08 Å². The lowest BCUT2D eigenvalue weighted by molar-refractivity contribution is -0.143. The number of rotatable bonds is 49. The molecule has 59 heavy (non-hydrogen) atoms. The van der Waals surface area contributed by atoms with Crippen molar-refractivity contribution in [2.75, 3.05) is 13.2 Å². The lowest BCUT2D eigenvalue weighted by Crippen LogP contribution is -2.45. The van der Waals surface area contributed by atoms with Gasteiger partial charge in [-0.1, -0.05) is 257 Å². The maximum Gasteiger partial charge on any atom is 0.305 e. The number of unbranched alkanes of at least 4 members (excludes halogenated alkanes) is 38. The molecule has 0 bridgehead atoms. The number of aliphatic hydroxyl groups excluding tert-OH is 2. The number of carbonyl (C=O) groups is 2. The molecule has 350 valence electrons. The van der Waals surface area contributed by atoms with Gasteiger partial charge in [-0.25, -0.2) is 0 Å². The molecule has 1 amide bonds. The maximum atomic E-state index is 12.4. The van der Waals surface area contributed by atoms with E-state index in [2.05, 4.69) is 19.2 Å². The highest BCUT2D eigenvalue weighted by Gasteiger charge is 2.18. The van der Waals surface area contributed by atoms with Crippen molar-refractivity contribution < 1.29 is 24.5 Å². The standard InChI is InChI=1S/C53H103NO5/c1-3-5-7-9-11-13-15-17-18-19-22-25-29-33-37-41-45-51(56)50(49-55)54-52(57)46-42-38-34-30-26-23-20-21-24-28-32-36-40-44-48-59-53(58)47-43-39-35-31-27-16-14-12-10-8-6-4-2/h41,45,50-51,55-56H,3-40,42-44,46-49H2,1-2H3,(H,54,57)/b45-41+. The first-order valence-electron chi connectivity index (χ1n) is 26.5. The molecule has 0 rings (SSSR count). The van der Waals surface area contributed by atoms with E-state index >= 15 is 0 Å². The summed E-state index contributed by atoms with van der Waals surface area (Å²) in [5.41, 5.74) is 0. The lowest BCUT2D eigenvalue weighted by Gasteiger charge is -2.20. The van der Waals surface area contributed by atoms with E-state index in [9.17, 15) is 19.8 Å². The Labute approximate surface area is 368 Å². The van der Waals surface area contributed by atoms with Gasteiger partial charge in [0.05, 0.1) is 25.4 Å². The monoisotopic (exact) mass is 834 g/mol. The zero-order valence-electron chi connectivity index (χ0n) is 39.7. The normalized spacial score (nSPS) is 12.7. The van der Waals surface area contributed by atoms with Crippen LogP contribution in [0.4, 0.5) is 0 Å². The molecule has 0 aliphatic carbocycles. The Morgan fingerprint density at radius 2 is 0.780 bits per heavy atom. The van der Waals surface area contributed by atoms with Crippen LogP contribution in [0.1, 0.15) is 290 Å². The quantitative estimate of drug-likeness (QED) is 0.0322. The molecule has 0 heterocycles. The Balaban J connectivity index is 3.47. The summed E-state index contributed by atoms with van der Waals surface area (Å²) in [4.78, 5) is 24.4. The number of allylic oxidation sites excluding steroid dienone is 1. The molecule has 6 heteroatoms. The van der Waals surface area contributed by atoms with Gasteiger partial charge in [0.1, 0.15) is 0 Å². The van der Waals surface area contributed by atoms with E-state index in [0.29, 0.717) is 19.4 Å². The third-order valence-electron chi connectivity index (χ3n) is 12.3. The topological polar surface area (TPSA) is 95.9 Å². The molecule has 0 fully saturated rings. The minimum Gasteiger partial charge on any atom is -0.466 e. The number of carbonyl (C=O) groups excluding carboxylic acids is 2. The van der Waals surface area contributed by atoms with E-state index in [0.717, 1.165) is 57.8 Å². The molecule has 2 unspecified atom stereocenters. The van der Waals surface area contributed by atoms with Crippen molar-refractivity contribution in [1.82, 2.24) is 5.32 Å². The van der Waals surface area contributed by atoms with Crippen LogP contribution in [0.2, 0.25) is 0 Å². The Bertz CT molecular complexity index is 878. The van der Waals surface area contributed by atoms with Crippen LogP contribution in [0.15, 0.2) is 12.2 Å². The molecule has 0 spiro atoms. The van der Waals surface area contributed by atoms with Crippen molar-refractivity contribution in [2.24, 2.45) is 0 Å². The molecular formula is C53H103NO5. The highest BCUT2D eigenvalue weighted by molar-refractivity contribution is 5.76. The Morgan fingerprint density at radius 3 is 1.15 bits per heavy atom. The van der Waals surface area contributed by atoms with Gasteiger partial charge in [0.15, 0.2) is 0 Å². The zero-order chi connectivity index (χ0) is 43.0. The predicted octanol–water partition coefficient (Wildman–Crippen LogP) is 15.7. The van der Waals surface area contributed by atoms with Gasteiger partial charge in [0, 0.05) is 12.8 Å². The molecule has 0 saturated carbocycles. The van der Waals surface area contributed by atoms with E-state index in [1.807, 2.05) is 6.08 Å². The van der Waals surface area contributed by atoms with Gasteiger partial charge in [0.2, 0.25) is 5.91 Å². The second-order valence-electron chi connectivity index (χ2n) is 18.2. The fourth-order valence-corrected chi connectivity index (χ4v) is 8.22. The van der Waals surface area contributed by atoms with Crippen LogP contribution < -0.4 is 5.32 Å². The van der Waals surface area contributed by atoms with E-state index in [4.69, 9.17) is 4.74 Å². The average molecular weight is 834 g/mol. The van der Waals surface area contributed by atoms with Crippen LogP contribution in [0.3, 0.4) is 0 Å². The molecule has 0 aromatic rings. The Morgan fingerprint density at radius 1 is 0.458 bits per heavy atom. The van der Waals surface area contributed by atoms with E-state index in [-0.39, 0.29) is 18.5 Å². The largest absolute Gasteiger partial charge is 0.466 e. The van der Waals surface area contributed by atoms with Gasteiger partial charge in [-0.05, 0) is 32.1 Å². The van der Waals surface area contributed by atoms with Gasteiger partial charge >= 0.3 is 5.97 Å². The third kappa shape index (κ3) is 45.9. The minimum atomic E-state index is -0.850. The molecule has 0 aliphatic rings. The molecule has 6 nitrogen and oxygen atoms in total. The second-order valence-corrected chi connectivity index (χ2v) is 18.2. The summed E-state index contributed by atoms with van der Waals surface area (Å²) in [5.74, 6) is -0.0792. The fraction of sp³-hybridized carbons (Fsp3) is 0.925. The first-order chi connectivity index (χ1) is 29.0. The molecule has 0 aromatic heterocycles. The van der Waals surface area contributed by atoms with Gasteiger partial charge in [0.25, 0.3) is 0 Å². The van der Waals surface area contributed by atoms with Crippen LogP contribution in [-0.4, -0.2) is 47.4 Å². The number of amides is 1. The summed E-state index contributed by atoms with van der Waals surface area (Å²) < 4.78 is 5.46. The molecule has 0 saturated heterocycles. The van der Waals surface area contributed by atoms with Gasteiger partial charge in [-0.15, -0.1) is 0 Å². The predicted molar refractivity (Wildman–Crippen MR) is 255 cm³/mol.